The summed E-state index contributed by atoms with van der Waals surface area (Å²) < 4.78 is 0. The molecule has 0 atom stereocenters. The van der Waals surface area contributed by atoms with Crippen LogP contribution in [0.5, 0.6) is 0 Å². The Morgan fingerprint density at radius 3 is 0.761 bits per heavy atom. The van der Waals surface area contributed by atoms with Gasteiger partial charge in [-0.2, -0.15) is 0 Å². The third-order valence-corrected chi connectivity index (χ3v) is 14.5. The van der Waals surface area contributed by atoms with Crippen molar-refractivity contribution in [3.05, 3.63) is 58.7 Å². The Morgan fingerprint density at radius 2 is 0.493 bits per heavy atom. The minimum Gasteiger partial charge on any atom is -0.252 e. The SMILES string of the molecule is CCCCCCCCCCCCCCCCCCCCCCCCCCCCC(=N\c1ccc(CCCC)c(CCCC)c1)/C(CCCCCC)=N/c1ccc(CCCC)c(CCCC)c1.[Ni]. The van der Waals surface area contributed by atoms with Gasteiger partial charge in [0, 0.05) is 16.5 Å². The van der Waals surface area contributed by atoms with Gasteiger partial charge in [-0.15, -0.1) is 0 Å². The average molecular weight is 968 g/mol. The van der Waals surface area contributed by atoms with E-state index in [0.29, 0.717) is 0 Å². The second-order valence-corrected chi connectivity index (χ2v) is 20.8. The molecule has 0 bridgehead atoms. The quantitative estimate of drug-likeness (QED) is 0.0359. The molecular formula is C64H112N2Ni. The Morgan fingerprint density at radius 1 is 0.269 bits per heavy atom. The minimum atomic E-state index is 0. The molecule has 2 aromatic rings. The zero-order valence-corrected chi connectivity index (χ0v) is 46.8. The van der Waals surface area contributed by atoms with E-state index < -0.39 is 0 Å². The maximum Gasteiger partial charge on any atom is 0.0636 e. The Bertz CT molecular complexity index is 1460. The van der Waals surface area contributed by atoms with E-state index in [4.69, 9.17) is 9.98 Å². The van der Waals surface area contributed by atoms with Crippen LogP contribution in [0.2, 0.25) is 0 Å². The summed E-state index contributed by atoms with van der Waals surface area (Å²) in [6, 6.07) is 14.3. The number of hydrogen-bond acceptors (Lipinski definition) is 2. The number of hydrogen-bond donors (Lipinski definition) is 0. The first kappa shape index (κ1) is 63.3. The molecule has 0 unspecified atom stereocenters. The van der Waals surface area contributed by atoms with Crippen molar-refractivity contribution in [3.8, 4) is 0 Å². The standard InChI is InChI=1S/C64H112N2.Ni/c1-7-13-19-21-22-23-24-25-26-27-28-29-30-31-32-33-34-35-36-37-38-39-40-41-42-44-50-64(66-62-54-52-58(46-16-10-4)60(56-62)48-18-12-6)63(49-43-20-14-8-2)65-61-53-51-57(45-15-9-3)59(55-61)47-17-11-5;/h51-56H,7-50H2,1-6H3;/b65-63+,66-64+;. The van der Waals surface area contributed by atoms with Gasteiger partial charge in [0.05, 0.1) is 22.8 Å². The van der Waals surface area contributed by atoms with E-state index in [1.807, 2.05) is 0 Å². The van der Waals surface area contributed by atoms with E-state index in [1.165, 1.54) is 291 Å². The summed E-state index contributed by atoms with van der Waals surface area (Å²) in [5, 5.41) is 0. The van der Waals surface area contributed by atoms with Crippen LogP contribution in [0.3, 0.4) is 0 Å². The van der Waals surface area contributed by atoms with Crippen LogP contribution < -0.4 is 0 Å². The molecule has 2 nitrogen and oxygen atoms in total. The maximum absolute atomic E-state index is 5.59. The predicted molar refractivity (Wildman–Crippen MR) is 301 cm³/mol. The number of aryl methyl sites for hydroxylation is 4. The summed E-state index contributed by atoms with van der Waals surface area (Å²) in [6.07, 6.45) is 59.0. The van der Waals surface area contributed by atoms with Gasteiger partial charge in [-0.1, -0.05) is 259 Å². The third kappa shape index (κ3) is 33.5. The second-order valence-electron chi connectivity index (χ2n) is 20.8. The first-order valence-electron chi connectivity index (χ1n) is 30.0. The first-order valence-corrected chi connectivity index (χ1v) is 30.0. The molecule has 0 saturated carbocycles. The molecule has 2 aromatic carbocycles. The summed E-state index contributed by atoms with van der Waals surface area (Å²) in [4.78, 5) is 11.2. The summed E-state index contributed by atoms with van der Waals surface area (Å²) in [7, 11) is 0. The monoisotopic (exact) mass is 967 g/mol. The molecule has 0 spiro atoms. The molecule has 0 heterocycles. The van der Waals surface area contributed by atoms with E-state index in [9.17, 15) is 0 Å². The number of unbranched alkanes of at least 4 members (excludes halogenated alkanes) is 32. The molecule has 0 radical (unpaired) electrons. The van der Waals surface area contributed by atoms with Crippen LogP contribution in [-0.4, -0.2) is 11.4 Å². The van der Waals surface area contributed by atoms with Crippen molar-refractivity contribution in [3.63, 3.8) is 0 Å². The van der Waals surface area contributed by atoms with E-state index in [-0.39, 0.29) is 16.5 Å². The van der Waals surface area contributed by atoms with E-state index in [2.05, 4.69) is 77.9 Å². The Kier molecular flexibility index (Phi) is 44.1. The maximum atomic E-state index is 5.59. The summed E-state index contributed by atoms with van der Waals surface area (Å²) in [5.74, 6) is 0. The Hall–Kier alpha value is -1.73. The first-order chi connectivity index (χ1) is 32.6. The number of nitrogens with zero attached hydrogens (tertiary/aromatic N) is 2. The topological polar surface area (TPSA) is 24.7 Å². The van der Waals surface area contributed by atoms with Crippen LogP contribution in [0.25, 0.3) is 0 Å². The third-order valence-electron chi connectivity index (χ3n) is 14.5. The molecule has 2 rings (SSSR count). The van der Waals surface area contributed by atoms with Crippen LogP contribution in [0, 0.1) is 0 Å². The largest absolute Gasteiger partial charge is 0.252 e. The van der Waals surface area contributed by atoms with Crippen LogP contribution in [0.1, 0.15) is 321 Å². The molecule has 0 amide bonds. The van der Waals surface area contributed by atoms with Crippen LogP contribution in [0.15, 0.2) is 46.4 Å². The van der Waals surface area contributed by atoms with Crippen molar-refractivity contribution in [2.75, 3.05) is 0 Å². The zero-order chi connectivity index (χ0) is 47.4. The van der Waals surface area contributed by atoms with Gasteiger partial charge >= 0.3 is 0 Å². The fraction of sp³-hybridized carbons (Fsp3) is 0.781. The number of rotatable bonds is 47. The molecule has 3 heteroatoms. The fourth-order valence-corrected chi connectivity index (χ4v) is 9.95. The average Bonchev–Trinajstić information content (AvgIpc) is 3.33. The van der Waals surface area contributed by atoms with E-state index in [1.54, 1.807) is 0 Å². The van der Waals surface area contributed by atoms with Gasteiger partial charge in [0.25, 0.3) is 0 Å². The van der Waals surface area contributed by atoms with Crippen molar-refractivity contribution >= 4 is 22.8 Å². The molecule has 0 aliphatic rings. The van der Waals surface area contributed by atoms with Crippen molar-refractivity contribution < 1.29 is 16.5 Å². The summed E-state index contributed by atoms with van der Waals surface area (Å²) in [5.41, 5.74) is 10.9. The smallest absolute Gasteiger partial charge is 0.0636 e. The predicted octanol–water partition coefficient (Wildman–Crippen LogP) is 22.4. The zero-order valence-electron chi connectivity index (χ0n) is 45.8. The normalized spacial score (nSPS) is 12.0. The molecule has 0 aliphatic heterocycles. The Balaban J connectivity index is 0.0000224. The molecule has 0 aromatic heterocycles. The number of aliphatic imine (C=N–C) groups is 2. The van der Waals surface area contributed by atoms with Gasteiger partial charge in [-0.3, -0.25) is 9.98 Å². The molecule has 0 saturated heterocycles. The van der Waals surface area contributed by atoms with E-state index >= 15 is 0 Å². The molecule has 0 aliphatic carbocycles. The minimum absolute atomic E-state index is 0. The van der Waals surface area contributed by atoms with Gasteiger partial charge in [0.15, 0.2) is 0 Å². The van der Waals surface area contributed by atoms with Crippen molar-refractivity contribution in [2.24, 2.45) is 9.98 Å². The molecule has 0 fully saturated rings. The van der Waals surface area contributed by atoms with Crippen molar-refractivity contribution in [1.29, 1.82) is 0 Å². The van der Waals surface area contributed by atoms with Crippen LogP contribution in [-0.2, 0) is 42.2 Å². The van der Waals surface area contributed by atoms with Gasteiger partial charge in [0.2, 0.25) is 0 Å². The van der Waals surface area contributed by atoms with E-state index in [0.717, 1.165) is 37.1 Å². The van der Waals surface area contributed by atoms with Gasteiger partial charge < -0.3 is 0 Å². The van der Waals surface area contributed by atoms with Gasteiger partial charge in [-0.05, 0) is 124 Å². The fourth-order valence-electron chi connectivity index (χ4n) is 9.95. The molecule has 67 heavy (non-hydrogen) atoms. The van der Waals surface area contributed by atoms with Gasteiger partial charge in [0.1, 0.15) is 0 Å². The molecular weight excluding hydrogens is 855 g/mol. The molecule has 0 N–H and O–H groups in total. The van der Waals surface area contributed by atoms with Crippen molar-refractivity contribution in [1.82, 2.24) is 0 Å². The summed E-state index contributed by atoms with van der Waals surface area (Å²) in [6.45, 7) is 13.9. The van der Waals surface area contributed by atoms with Crippen LogP contribution in [0.4, 0.5) is 11.4 Å². The number of benzene rings is 2. The summed E-state index contributed by atoms with van der Waals surface area (Å²) >= 11 is 0. The van der Waals surface area contributed by atoms with Gasteiger partial charge in [-0.25, -0.2) is 0 Å². The second kappa shape index (κ2) is 46.6. The van der Waals surface area contributed by atoms with Crippen LogP contribution >= 0.6 is 0 Å². The Labute approximate surface area is 429 Å². The van der Waals surface area contributed by atoms with Crippen molar-refractivity contribution in [2.45, 2.75) is 324 Å². The molecule has 388 valence electrons.